The van der Waals surface area contributed by atoms with Gasteiger partial charge in [0.05, 0.1) is 31.0 Å². The van der Waals surface area contributed by atoms with Gasteiger partial charge in [-0.25, -0.2) is 4.39 Å². The van der Waals surface area contributed by atoms with Crippen LogP contribution in [0.1, 0.15) is 11.1 Å². The molecule has 5 nitrogen and oxygen atoms in total. The number of nitrogens with zero attached hydrogens (tertiary/aromatic N) is 4. The first-order valence-electron chi connectivity index (χ1n) is 8.53. The average Bonchev–Trinajstić information content (AvgIpc) is 3.00. The van der Waals surface area contributed by atoms with Crippen LogP contribution in [0.2, 0.25) is 0 Å². The number of ether oxygens (including phenoxy) is 1. The fourth-order valence-electron chi connectivity index (χ4n) is 3.40. The van der Waals surface area contributed by atoms with Crippen LogP contribution in [-0.2, 0) is 17.8 Å². The molecule has 3 heterocycles. The SMILES string of the molecule is Cc1cnn(C[C@@H]2CN(Cc3cc(F)cc4cccnc34)CCO2)c1. The first kappa shape index (κ1) is 16.2. The Morgan fingerprint density at radius 3 is 3.12 bits per heavy atom. The van der Waals surface area contributed by atoms with Crippen molar-refractivity contribution in [3.05, 3.63) is 59.8 Å². The molecule has 25 heavy (non-hydrogen) atoms. The summed E-state index contributed by atoms with van der Waals surface area (Å²) in [7, 11) is 0. The van der Waals surface area contributed by atoms with Crippen LogP contribution in [0.5, 0.6) is 0 Å². The molecule has 1 aliphatic rings. The summed E-state index contributed by atoms with van der Waals surface area (Å²) in [5, 5.41) is 5.17. The molecule has 3 aromatic rings. The quantitative estimate of drug-likeness (QED) is 0.732. The molecule has 1 aliphatic heterocycles. The van der Waals surface area contributed by atoms with E-state index in [0.29, 0.717) is 13.2 Å². The maximum Gasteiger partial charge on any atom is 0.124 e. The van der Waals surface area contributed by atoms with Crippen LogP contribution in [-0.4, -0.2) is 45.5 Å². The van der Waals surface area contributed by atoms with Gasteiger partial charge in [-0.15, -0.1) is 0 Å². The van der Waals surface area contributed by atoms with Crippen LogP contribution in [0.25, 0.3) is 10.9 Å². The molecule has 0 amide bonds. The van der Waals surface area contributed by atoms with Crippen molar-refractivity contribution >= 4 is 10.9 Å². The van der Waals surface area contributed by atoms with Gasteiger partial charge in [0.25, 0.3) is 0 Å². The number of pyridine rings is 1. The van der Waals surface area contributed by atoms with Gasteiger partial charge >= 0.3 is 0 Å². The molecule has 4 rings (SSSR count). The summed E-state index contributed by atoms with van der Waals surface area (Å²) in [5.41, 5.74) is 2.94. The van der Waals surface area contributed by atoms with Crippen LogP contribution in [0.15, 0.2) is 42.9 Å². The summed E-state index contributed by atoms with van der Waals surface area (Å²) in [6.45, 7) is 5.73. The van der Waals surface area contributed by atoms with E-state index in [9.17, 15) is 4.39 Å². The lowest BCUT2D eigenvalue weighted by Gasteiger charge is -2.33. The van der Waals surface area contributed by atoms with Crippen molar-refractivity contribution in [2.45, 2.75) is 26.1 Å². The van der Waals surface area contributed by atoms with Crippen molar-refractivity contribution in [2.24, 2.45) is 0 Å². The van der Waals surface area contributed by atoms with E-state index in [2.05, 4.69) is 15.0 Å². The average molecular weight is 340 g/mol. The van der Waals surface area contributed by atoms with Gasteiger partial charge in [0.1, 0.15) is 5.82 Å². The molecule has 130 valence electrons. The van der Waals surface area contributed by atoms with Gasteiger partial charge < -0.3 is 4.74 Å². The summed E-state index contributed by atoms with van der Waals surface area (Å²) >= 11 is 0. The Hall–Kier alpha value is -2.31. The second-order valence-electron chi connectivity index (χ2n) is 6.61. The summed E-state index contributed by atoms with van der Waals surface area (Å²) in [6.07, 6.45) is 5.71. The lowest BCUT2D eigenvalue weighted by Crippen LogP contribution is -2.43. The Morgan fingerprint density at radius 1 is 1.36 bits per heavy atom. The highest BCUT2D eigenvalue weighted by molar-refractivity contribution is 5.81. The zero-order chi connectivity index (χ0) is 17.2. The summed E-state index contributed by atoms with van der Waals surface area (Å²) in [4.78, 5) is 6.74. The molecule has 1 fully saturated rings. The van der Waals surface area contributed by atoms with E-state index in [-0.39, 0.29) is 11.9 Å². The lowest BCUT2D eigenvalue weighted by molar-refractivity contribution is -0.0401. The van der Waals surface area contributed by atoms with Crippen molar-refractivity contribution in [3.8, 4) is 0 Å². The van der Waals surface area contributed by atoms with E-state index in [1.54, 1.807) is 12.3 Å². The van der Waals surface area contributed by atoms with Crippen LogP contribution in [0.4, 0.5) is 4.39 Å². The molecule has 1 atom stereocenters. The first-order valence-corrected chi connectivity index (χ1v) is 8.53. The number of morpholine rings is 1. The molecule has 1 saturated heterocycles. The number of fused-ring (bicyclic) bond motifs is 1. The third-order valence-corrected chi connectivity index (χ3v) is 4.52. The third kappa shape index (κ3) is 3.70. The fraction of sp³-hybridized carbons (Fsp3) is 0.368. The molecule has 2 aromatic heterocycles. The number of aromatic nitrogens is 3. The van der Waals surface area contributed by atoms with Gasteiger partial charge in [-0.3, -0.25) is 14.6 Å². The first-order chi connectivity index (χ1) is 12.2. The molecule has 1 aromatic carbocycles. The standard InChI is InChI=1S/C19H21FN4O/c1-14-9-22-24(10-14)13-18-12-23(5-6-25-18)11-16-8-17(20)7-15-3-2-4-21-19(15)16/h2-4,7-10,18H,5-6,11-13H2,1H3/t18-/m0/s1. The maximum absolute atomic E-state index is 13.9. The van der Waals surface area contributed by atoms with Gasteiger partial charge in [-0.2, -0.15) is 5.10 Å². The molecule has 0 saturated carbocycles. The predicted molar refractivity (Wildman–Crippen MR) is 93.7 cm³/mol. The monoisotopic (exact) mass is 340 g/mol. The van der Waals surface area contributed by atoms with Crippen molar-refractivity contribution in [2.75, 3.05) is 19.7 Å². The van der Waals surface area contributed by atoms with Gasteiger partial charge in [-0.1, -0.05) is 6.07 Å². The molecule has 0 N–H and O–H groups in total. The molecule has 0 spiro atoms. The van der Waals surface area contributed by atoms with Crippen LogP contribution in [0.3, 0.4) is 0 Å². The van der Waals surface area contributed by atoms with E-state index in [1.807, 2.05) is 36.1 Å². The Kier molecular flexibility index (Phi) is 4.46. The zero-order valence-corrected chi connectivity index (χ0v) is 14.2. The number of halogens is 1. The van der Waals surface area contributed by atoms with E-state index in [4.69, 9.17) is 4.74 Å². The van der Waals surface area contributed by atoms with Crippen molar-refractivity contribution in [1.29, 1.82) is 0 Å². The van der Waals surface area contributed by atoms with Gasteiger partial charge in [0.15, 0.2) is 0 Å². The minimum atomic E-state index is -0.215. The number of benzene rings is 1. The van der Waals surface area contributed by atoms with Crippen molar-refractivity contribution in [3.63, 3.8) is 0 Å². The second kappa shape index (κ2) is 6.90. The second-order valence-corrected chi connectivity index (χ2v) is 6.61. The predicted octanol–water partition coefficient (Wildman–Crippen LogP) is 2.78. The third-order valence-electron chi connectivity index (χ3n) is 4.52. The van der Waals surface area contributed by atoms with E-state index in [1.165, 1.54) is 6.07 Å². The molecule has 6 heteroatoms. The summed E-state index contributed by atoms with van der Waals surface area (Å²) < 4.78 is 21.7. The Balaban J connectivity index is 1.49. The van der Waals surface area contributed by atoms with Gasteiger partial charge in [0.2, 0.25) is 0 Å². The van der Waals surface area contributed by atoms with Gasteiger partial charge in [0, 0.05) is 37.4 Å². The molecule has 0 unspecified atom stereocenters. The fourth-order valence-corrected chi connectivity index (χ4v) is 3.40. The van der Waals surface area contributed by atoms with E-state index in [0.717, 1.165) is 41.7 Å². The Labute approximate surface area is 146 Å². The van der Waals surface area contributed by atoms with Crippen LogP contribution in [0, 0.1) is 12.7 Å². The summed E-state index contributed by atoms with van der Waals surface area (Å²) in [6, 6.07) is 6.87. The number of rotatable bonds is 4. The summed E-state index contributed by atoms with van der Waals surface area (Å²) in [5.74, 6) is -0.215. The molecular formula is C19H21FN4O. The maximum atomic E-state index is 13.9. The molecular weight excluding hydrogens is 319 g/mol. The molecule has 0 radical (unpaired) electrons. The highest BCUT2D eigenvalue weighted by atomic mass is 19.1. The number of aryl methyl sites for hydroxylation is 1. The largest absolute Gasteiger partial charge is 0.374 e. The minimum Gasteiger partial charge on any atom is -0.374 e. The number of hydrogen-bond acceptors (Lipinski definition) is 4. The highest BCUT2D eigenvalue weighted by Crippen LogP contribution is 2.21. The Bertz CT molecular complexity index is 879. The smallest absolute Gasteiger partial charge is 0.124 e. The molecule has 0 bridgehead atoms. The number of hydrogen-bond donors (Lipinski definition) is 0. The van der Waals surface area contributed by atoms with Crippen LogP contribution >= 0.6 is 0 Å². The van der Waals surface area contributed by atoms with Crippen molar-refractivity contribution < 1.29 is 9.13 Å². The highest BCUT2D eigenvalue weighted by Gasteiger charge is 2.22. The lowest BCUT2D eigenvalue weighted by atomic mass is 10.1. The Morgan fingerprint density at radius 2 is 2.28 bits per heavy atom. The van der Waals surface area contributed by atoms with Crippen molar-refractivity contribution in [1.82, 2.24) is 19.7 Å². The van der Waals surface area contributed by atoms with E-state index >= 15 is 0 Å². The van der Waals surface area contributed by atoms with Gasteiger partial charge in [-0.05, 0) is 36.2 Å². The normalized spacial score (nSPS) is 18.7. The topological polar surface area (TPSA) is 43.2 Å². The zero-order valence-electron chi connectivity index (χ0n) is 14.2. The van der Waals surface area contributed by atoms with Crippen LogP contribution < -0.4 is 0 Å². The molecule has 0 aliphatic carbocycles. The minimum absolute atomic E-state index is 0.0841. The van der Waals surface area contributed by atoms with E-state index < -0.39 is 0 Å².